The molecule has 1 atom stereocenters. The Balaban J connectivity index is 0.00000450. The molecule has 0 spiro atoms. The highest BCUT2D eigenvalue weighted by Gasteiger charge is 2.12. The lowest BCUT2D eigenvalue weighted by molar-refractivity contribution is -0.384. The third-order valence-corrected chi connectivity index (χ3v) is 4.15. The molecular formula is C21H26FIN4O3. The number of hydrogen-bond acceptors (Lipinski definition) is 4. The van der Waals surface area contributed by atoms with Gasteiger partial charge >= 0.3 is 0 Å². The molecule has 7 nitrogen and oxygen atoms in total. The van der Waals surface area contributed by atoms with Crippen LogP contribution in [-0.2, 0) is 6.54 Å². The van der Waals surface area contributed by atoms with Crippen LogP contribution in [0, 0.1) is 15.9 Å². The van der Waals surface area contributed by atoms with Gasteiger partial charge in [0.1, 0.15) is 0 Å². The van der Waals surface area contributed by atoms with Crippen molar-refractivity contribution < 1.29 is 14.1 Å². The number of nitro groups is 1. The number of hydrogen-bond donors (Lipinski definition) is 2. The van der Waals surface area contributed by atoms with Gasteiger partial charge in [0.15, 0.2) is 17.5 Å². The van der Waals surface area contributed by atoms with Gasteiger partial charge in [-0.1, -0.05) is 30.4 Å². The summed E-state index contributed by atoms with van der Waals surface area (Å²) in [6, 6.07) is 10.8. The van der Waals surface area contributed by atoms with Crippen molar-refractivity contribution in [1.82, 2.24) is 10.6 Å². The third-order valence-electron chi connectivity index (χ3n) is 4.15. The zero-order valence-corrected chi connectivity index (χ0v) is 19.5. The van der Waals surface area contributed by atoms with Crippen molar-refractivity contribution in [3.8, 4) is 5.75 Å². The first-order chi connectivity index (χ1) is 13.8. The number of nitro benzene ring substituents is 1. The Labute approximate surface area is 192 Å². The summed E-state index contributed by atoms with van der Waals surface area (Å²) in [6.07, 6.45) is 0. The van der Waals surface area contributed by atoms with E-state index in [1.807, 2.05) is 13.8 Å². The summed E-state index contributed by atoms with van der Waals surface area (Å²) in [5, 5.41) is 17.2. The SMILES string of the molecule is C=C(C)CNC(=NCc1ccc([N+](=O)[O-])cc1)NC(C)c1ccc(OC)c(F)c1.I. The maximum Gasteiger partial charge on any atom is 0.269 e. The van der Waals surface area contributed by atoms with Gasteiger partial charge in [-0.05, 0) is 37.1 Å². The van der Waals surface area contributed by atoms with Crippen molar-refractivity contribution in [2.75, 3.05) is 13.7 Å². The van der Waals surface area contributed by atoms with Crippen LogP contribution < -0.4 is 15.4 Å². The van der Waals surface area contributed by atoms with Gasteiger partial charge in [0.05, 0.1) is 24.6 Å². The first kappa shape index (κ1) is 25.3. The molecule has 0 heterocycles. The first-order valence-corrected chi connectivity index (χ1v) is 9.06. The van der Waals surface area contributed by atoms with E-state index >= 15 is 0 Å². The van der Waals surface area contributed by atoms with E-state index in [1.54, 1.807) is 24.3 Å². The summed E-state index contributed by atoms with van der Waals surface area (Å²) in [5.41, 5.74) is 2.53. The third kappa shape index (κ3) is 7.62. The quantitative estimate of drug-likeness (QED) is 0.129. The van der Waals surface area contributed by atoms with Crippen LogP contribution in [0.3, 0.4) is 0 Å². The first-order valence-electron chi connectivity index (χ1n) is 9.06. The van der Waals surface area contributed by atoms with E-state index in [1.165, 1.54) is 25.3 Å². The molecule has 1 unspecified atom stereocenters. The molecule has 162 valence electrons. The number of nitrogens with zero attached hydrogens (tertiary/aromatic N) is 2. The number of non-ortho nitro benzene ring substituents is 1. The number of methoxy groups -OCH3 is 1. The Hall–Kier alpha value is -2.69. The maximum atomic E-state index is 14.0. The van der Waals surface area contributed by atoms with Crippen LogP contribution >= 0.6 is 24.0 Å². The highest BCUT2D eigenvalue weighted by Crippen LogP contribution is 2.21. The molecule has 0 amide bonds. The molecule has 0 fully saturated rings. The average Bonchev–Trinajstić information content (AvgIpc) is 2.70. The van der Waals surface area contributed by atoms with Crippen molar-refractivity contribution in [2.24, 2.45) is 4.99 Å². The molecule has 0 aliphatic rings. The summed E-state index contributed by atoms with van der Waals surface area (Å²) in [6.45, 7) is 8.50. The Bertz CT molecular complexity index is 904. The fourth-order valence-electron chi connectivity index (χ4n) is 2.52. The predicted molar refractivity (Wildman–Crippen MR) is 127 cm³/mol. The maximum absolute atomic E-state index is 14.0. The Morgan fingerprint density at radius 2 is 1.97 bits per heavy atom. The molecular weight excluding hydrogens is 502 g/mol. The number of nitrogens with one attached hydrogen (secondary N) is 2. The number of halogens is 2. The molecule has 0 aliphatic carbocycles. The second-order valence-corrected chi connectivity index (χ2v) is 6.66. The standard InChI is InChI=1S/C21H25FN4O3.HI/c1-14(2)12-23-21(24-13-16-5-8-18(9-6-16)26(27)28)25-15(3)17-7-10-20(29-4)19(22)11-17;/h5-11,15H,1,12-13H2,2-4H3,(H2,23,24,25);1H. The van der Waals surface area contributed by atoms with Gasteiger partial charge in [-0.25, -0.2) is 9.38 Å². The largest absolute Gasteiger partial charge is 0.494 e. The molecule has 2 aromatic carbocycles. The van der Waals surface area contributed by atoms with Crippen LogP contribution in [0.25, 0.3) is 0 Å². The zero-order valence-electron chi connectivity index (χ0n) is 17.1. The van der Waals surface area contributed by atoms with Crippen LogP contribution in [-0.4, -0.2) is 24.5 Å². The minimum absolute atomic E-state index is 0. The summed E-state index contributed by atoms with van der Waals surface area (Å²) in [7, 11) is 1.42. The van der Waals surface area contributed by atoms with Crippen molar-refractivity contribution >= 4 is 35.6 Å². The number of ether oxygens (including phenoxy) is 1. The van der Waals surface area contributed by atoms with Crippen LogP contribution in [0.4, 0.5) is 10.1 Å². The minimum Gasteiger partial charge on any atom is -0.494 e. The fraction of sp³-hybridized carbons (Fsp3) is 0.286. The Morgan fingerprint density at radius 3 is 2.50 bits per heavy atom. The molecule has 0 radical (unpaired) electrons. The van der Waals surface area contributed by atoms with Gasteiger partial charge in [0, 0.05) is 18.7 Å². The van der Waals surface area contributed by atoms with Crippen molar-refractivity contribution in [1.29, 1.82) is 0 Å². The van der Waals surface area contributed by atoms with E-state index in [0.717, 1.165) is 16.7 Å². The lowest BCUT2D eigenvalue weighted by Crippen LogP contribution is -2.39. The highest BCUT2D eigenvalue weighted by atomic mass is 127. The van der Waals surface area contributed by atoms with E-state index in [9.17, 15) is 14.5 Å². The minimum atomic E-state index is -0.440. The summed E-state index contributed by atoms with van der Waals surface area (Å²) >= 11 is 0. The molecule has 0 aromatic heterocycles. The van der Waals surface area contributed by atoms with Crippen molar-refractivity contribution in [3.63, 3.8) is 0 Å². The number of guanidine groups is 1. The van der Waals surface area contributed by atoms with E-state index in [0.29, 0.717) is 19.0 Å². The van der Waals surface area contributed by atoms with E-state index < -0.39 is 10.7 Å². The van der Waals surface area contributed by atoms with E-state index in [4.69, 9.17) is 4.74 Å². The van der Waals surface area contributed by atoms with E-state index in [2.05, 4.69) is 22.2 Å². The second-order valence-electron chi connectivity index (χ2n) is 6.66. The summed E-state index contributed by atoms with van der Waals surface area (Å²) in [4.78, 5) is 14.8. The van der Waals surface area contributed by atoms with Gasteiger partial charge in [0.25, 0.3) is 5.69 Å². The molecule has 0 saturated heterocycles. The van der Waals surface area contributed by atoms with Crippen LogP contribution in [0.15, 0.2) is 59.6 Å². The highest BCUT2D eigenvalue weighted by molar-refractivity contribution is 14.0. The van der Waals surface area contributed by atoms with Gasteiger partial charge < -0.3 is 15.4 Å². The molecule has 30 heavy (non-hydrogen) atoms. The van der Waals surface area contributed by atoms with Crippen molar-refractivity contribution in [2.45, 2.75) is 26.4 Å². The second kappa shape index (κ2) is 12.1. The number of benzene rings is 2. The van der Waals surface area contributed by atoms with Crippen LogP contribution in [0.2, 0.25) is 0 Å². The van der Waals surface area contributed by atoms with Crippen molar-refractivity contribution in [3.05, 3.63) is 81.7 Å². The van der Waals surface area contributed by atoms with Gasteiger partial charge in [-0.2, -0.15) is 0 Å². The molecule has 0 bridgehead atoms. The van der Waals surface area contributed by atoms with E-state index in [-0.39, 0.29) is 41.5 Å². The lowest BCUT2D eigenvalue weighted by atomic mass is 10.1. The molecule has 9 heteroatoms. The zero-order chi connectivity index (χ0) is 21.4. The monoisotopic (exact) mass is 528 g/mol. The Kier molecular flexibility index (Phi) is 10.2. The molecule has 2 rings (SSSR count). The number of aliphatic imine (C=N–C) groups is 1. The van der Waals surface area contributed by atoms with Gasteiger partial charge in [-0.3, -0.25) is 10.1 Å². The van der Waals surface area contributed by atoms with Crippen LogP contribution in [0.5, 0.6) is 5.75 Å². The van der Waals surface area contributed by atoms with Gasteiger partial charge in [0.2, 0.25) is 0 Å². The average molecular weight is 528 g/mol. The van der Waals surface area contributed by atoms with Gasteiger partial charge in [-0.15, -0.1) is 24.0 Å². The lowest BCUT2D eigenvalue weighted by Gasteiger charge is -2.19. The Morgan fingerprint density at radius 1 is 1.30 bits per heavy atom. The topological polar surface area (TPSA) is 88.8 Å². The predicted octanol–water partition coefficient (Wildman–Crippen LogP) is 4.73. The number of rotatable bonds is 8. The smallest absolute Gasteiger partial charge is 0.269 e. The molecule has 0 aliphatic heterocycles. The summed E-state index contributed by atoms with van der Waals surface area (Å²) in [5.74, 6) is 0.279. The molecule has 0 saturated carbocycles. The normalized spacial score (nSPS) is 11.8. The molecule has 2 aromatic rings. The summed E-state index contributed by atoms with van der Waals surface area (Å²) < 4.78 is 19.0. The molecule has 2 N–H and O–H groups in total. The fourth-order valence-corrected chi connectivity index (χ4v) is 2.52. The van der Waals surface area contributed by atoms with Crippen LogP contribution in [0.1, 0.15) is 31.0 Å².